The molecule has 0 saturated carbocycles. The van der Waals surface area contributed by atoms with Crippen LogP contribution in [-0.2, 0) is 12.1 Å². The van der Waals surface area contributed by atoms with Crippen LogP contribution >= 0.6 is 11.6 Å². The van der Waals surface area contributed by atoms with Crippen LogP contribution in [0.2, 0.25) is 5.02 Å². The molecule has 7 heteroatoms. The fraction of sp³-hybridized carbons (Fsp3) is 0.250. The summed E-state index contributed by atoms with van der Waals surface area (Å²) < 4.78 is 1.27. The van der Waals surface area contributed by atoms with E-state index in [1.165, 1.54) is 10.9 Å². The van der Waals surface area contributed by atoms with E-state index in [-0.39, 0.29) is 11.6 Å². The highest BCUT2D eigenvalue weighted by atomic mass is 35.5. The van der Waals surface area contributed by atoms with Crippen molar-refractivity contribution in [2.24, 2.45) is 0 Å². The molecule has 2 aromatic rings. The predicted octanol–water partition coefficient (Wildman–Crippen LogP) is 2.35. The molecule has 0 spiro atoms. The summed E-state index contributed by atoms with van der Waals surface area (Å²) >= 11 is 5.71. The quantitative estimate of drug-likeness (QED) is 0.689. The lowest BCUT2D eigenvalue weighted by Crippen LogP contribution is -2.28. The monoisotopic (exact) mass is 281 g/mol. The normalized spacial score (nSPS) is 14.1. The van der Waals surface area contributed by atoms with Gasteiger partial charge in [0.2, 0.25) is 0 Å². The van der Waals surface area contributed by atoms with E-state index in [1.54, 1.807) is 19.1 Å². The average Bonchev–Trinajstić information content (AvgIpc) is 2.71. The molecule has 1 unspecified atom stereocenters. The molecular formula is C12H12ClN3O3. The van der Waals surface area contributed by atoms with Gasteiger partial charge in [-0.1, -0.05) is 41.9 Å². The molecular weight excluding hydrogens is 270 g/mol. The van der Waals surface area contributed by atoms with E-state index in [0.29, 0.717) is 5.56 Å². The van der Waals surface area contributed by atoms with Crippen LogP contribution in [-0.4, -0.2) is 19.8 Å². The maximum Gasteiger partial charge on any atom is 0.408 e. The summed E-state index contributed by atoms with van der Waals surface area (Å²) in [6.07, 6.45) is 1.33. The van der Waals surface area contributed by atoms with Crippen LogP contribution in [0.25, 0.3) is 0 Å². The fourth-order valence-corrected chi connectivity index (χ4v) is 2.01. The van der Waals surface area contributed by atoms with E-state index in [2.05, 4.69) is 5.10 Å². The molecule has 1 heterocycles. The molecule has 0 aliphatic rings. The third kappa shape index (κ3) is 2.91. The predicted molar refractivity (Wildman–Crippen MR) is 69.9 cm³/mol. The molecule has 0 radical (unpaired) electrons. The number of rotatable bonds is 4. The zero-order valence-corrected chi connectivity index (χ0v) is 10.9. The number of nitrogens with zero attached hydrogens (tertiary/aromatic N) is 3. The van der Waals surface area contributed by atoms with Crippen LogP contribution in [0.3, 0.4) is 0 Å². The minimum atomic E-state index is -1.19. The van der Waals surface area contributed by atoms with Gasteiger partial charge in [0.25, 0.3) is 0 Å². The van der Waals surface area contributed by atoms with Crippen molar-refractivity contribution in [3.8, 4) is 0 Å². The van der Waals surface area contributed by atoms with Crippen molar-refractivity contribution in [3.63, 3.8) is 0 Å². The van der Waals surface area contributed by atoms with Gasteiger partial charge in [-0.2, -0.15) is 4.68 Å². The van der Waals surface area contributed by atoms with Crippen LogP contribution in [0.5, 0.6) is 0 Å². The minimum Gasteiger partial charge on any atom is -0.383 e. The minimum absolute atomic E-state index is 0.0474. The largest absolute Gasteiger partial charge is 0.408 e. The molecule has 1 atom stereocenters. The van der Waals surface area contributed by atoms with Crippen LogP contribution < -0.4 is 0 Å². The molecule has 1 aromatic heterocycles. The Labute approximate surface area is 114 Å². The first-order chi connectivity index (χ1) is 8.90. The third-order valence-electron chi connectivity index (χ3n) is 2.74. The molecule has 1 N–H and O–H groups in total. The van der Waals surface area contributed by atoms with Crippen molar-refractivity contribution in [1.82, 2.24) is 9.78 Å². The molecule has 0 aliphatic carbocycles. The summed E-state index contributed by atoms with van der Waals surface area (Å²) in [5.74, 6) is -0.412. The Bertz CT molecular complexity index is 596. The SMILES string of the molecule is CC(O)(Cn1cc(Cl)c([N+](=O)[O-])n1)c1ccccc1. The molecule has 0 saturated heterocycles. The molecule has 0 aliphatic heterocycles. The molecule has 100 valence electrons. The highest BCUT2D eigenvalue weighted by Crippen LogP contribution is 2.26. The van der Waals surface area contributed by atoms with Crippen LogP contribution in [0.4, 0.5) is 5.82 Å². The van der Waals surface area contributed by atoms with Crippen molar-refractivity contribution in [2.45, 2.75) is 19.1 Å². The second kappa shape index (κ2) is 4.99. The first-order valence-electron chi connectivity index (χ1n) is 5.55. The van der Waals surface area contributed by atoms with Crippen molar-refractivity contribution in [3.05, 3.63) is 57.2 Å². The van der Waals surface area contributed by atoms with Gasteiger partial charge in [0.15, 0.2) is 5.02 Å². The number of benzene rings is 1. The van der Waals surface area contributed by atoms with Gasteiger partial charge in [-0.3, -0.25) is 0 Å². The second-order valence-corrected chi connectivity index (χ2v) is 4.80. The van der Waals surface area contributed by atoms with E-state index < -0.39 is 16.3 Å². The summed E-state index contributed by atoms with van der Waals surface area (Å²) in [6.45, 7) is 1.69. The number of hydrogen-bond donors (Lipinski definition) is 1. The fourth-order valence-electron chi connectivity index (χ4n) is 1.80. The molecule has 0 amide bonds. The lowest BCUT2D eigenvalue weighted by atomic mass is 9.96. The molecule has 6 nitrogen and oxygen atoms in total. The molecule has 0 bridgehead atoms. The summed E-state index contributed by atoms with van der Waals surface area (Å²) in [5.41, 5.74) is -0.492. The van der Waals surface area contributed by atoms with Crippen molar-refractivity contribution < 1.29 is 10.0 Å². The van der Waals surface area contributed by atoms with Gasteiger partial charge in [-0.25, -0.2) is 0 Å². The highest BCUT2D eigenvalue weighted by Gasteiger charge is 2.28. The molecule has 1 aromatic carbocycles. The number of nitro groups is 1. The number of aliphatic hydroxyl groups is 1. The van der Waals surface area contributed by atoms with Gasteiger partial charge in [-0.05, 0) is 17.4 Å². The number of aromatic nitrogens is 2. The molecule has 2 rings (SSSR count). The van der Waals surface area contributed by atoms with Gasteiger partial charge in [-0.15, -0.1) is 0 Å². The Morgan fingerprint density at radius 1 is 1.47 bits per heavy atom. The Hall–Kier alpha value is -1.92. The van der Waals surface area contributed by atoms with Crippen molar-refractivity contribution in [1.29, 1.82) is 0 Å². The van der Waals surface area contributed by atoms with Crippen LogP contribution in [0.15, 0.2) is 36.5 Å². The van der Waals surface area contributed by atoms with Gasteiger partial charge in [0.1, 0.15) is 5.60 Å². The summed E-state index contributed by atoms with van der Waals surface area (Å²) in [4.78, 5) is 10.00. The van der Waals surface area contributed by atoms with E-state index in [1.807, 2.05) is 18.2 Å². The second-order valence-electron chi connectivity index (χ2n) is 4.40. The van der Waals surface area contributed by atoms with Crippen LogP contribution in [0, 0.1) is 10.1 Å². The van der Waals surface area contributed by atoms with Crippen molar-refractivity contribution in [2.75, 3.05) is 0 Å². The first-order valence-corrected chi connectivity index (χ1v) is 5.93. The van der Waals surface area contributed by atoms with E-state index in [0.717, 1.165) is 0 Å². The maximum atomic E-state index is 10.7. The maximum absolute atomic E-state index is 10.7. The summed E-state index contributed by atoms with van der Waals surface area (Å²) in [7, 11) is 0. The zero-order valence-electron chi connectivity index (χ0n) is 10.2. The van der Waals surface area contributed by atoms with Crippen molar-refractivity contribution >= 4 is 17.4 Å². The lowest BCUT2D eigenvalue weighted by Gasteiger charge is -2.22. The average molecular weight is 282 g/mol. The Morgan fingerprint density at radius 2 is 2.11 bits per heavy atom. The number of hydrogen-bond acceptors (Lipinski definition) is 4. The third-order valence-corrected chi connectivity index (χ3v) is 3.00. The van der Waals surface area contributed by atoms with Crippen LogP contribution in [0.1, 0.15) is 12.5 Å². The lowest BCUT2D eigenvalue weighted by molar-refractivity contribution is -0.389. The highest BCUT2D eigenvalue weighted by molar-refractivity contribution is 6.32. The zero-order chi connectivity index (χ0) is 14.0. The molecule has 0 fully saturated rings. The van der Waals surface area contributed by atoms with E-state index in [4.69, 9.17) is 11.6 Å². The topological polar surface area (TPSA) is 81.2 Å². The van der Waals surface area contributed by atoms with E-state index in [9.17, 15) is 15.2 Å². The molecule has 19 heavy (non-hydrogen) atoms. The van der Waals surface area contributed by atoms with Gasteiger partial charge >= 0.3 is 5.82 Å². The summed E-state index contributed by atoms with van der Waals surface area (Å²) in [6, 6.07) is 9.01. The van der Waals surface area contributed by atoms with Gasteiger partial charge < -0.3 is 15.2 Å². The number of halogens is 1. The Morgan fingerprint density at radius 3 is 2.63 bits per heavy atom. The standard InChI is InChI=1S/C12H12ClN3O3/c1-12(17,9-5-3-2-4-6-9)8-15-7-10(13)11(14-15)16(18)19/h2-7,17H,8H2,1H3. The van der Waals surface area contributed by atoms with E-state index >= 15 is 0 Å². The van der Waals surface area contributed by atoms with Gasteiger partial charge in [0.05, 0.1) is 17.8 Å². The Kier molecular flexibility index (Phi) is 3.55. The van der Waals surface area contributed by atoms with Gasteiger partial charge in [0, 0.05) is 0 Å². The summed E-state index contributed by atoms with van der Waals surface area (Å²) in [5, 5.41) is 24.8. The smallest absolute Gasteiger partial charge is 0.383 e. The first kappa shape index (κ1) is 13.5. The Balaban J connectivity index is 2.26.